The highest BCUT2D eigenvalue weighted by Gasteiger charge is 2.30. The topological polar surface area (TPSA) is 61.4 Å². The molecule has 5 heteroatoms. The van der Waals surface area contributed by atoms with E-state index in [1.165, 1.54) is 0 Å². The van der Waals surface area contributed by atoms with Crippen LogP contribution >= 0.6 is 0 Å². The summed E-state index contributed by atoms with van der Waals surface area (Å²) in [6.45, 7) is 4.02. The van der Waals surface area contributed by atoms with E-state index in [9.17, 15) is 9.59 Å². The third-order valence-electron chi connectivity index (χ3n) is 4.83. The molecular weight excluding hydrogens is 290 g/mol. The predicted octanol–water partition coefficient (Wildman–Crippen LogP) is 1.26. The predicted molar refractivity (Wildman–Crippen MR) is 89.1 cm³/mol. The van der Waals surface area contributed by atoms with Crippen molar-refractivity contribution < 1.29 is 9.59 Å². The van der Waals surface area contributed by atoms with Gasteiger partial charge in [0.05, 0.1) is 5.92 Å². The quantitative estimate of drug-likeness (QED) is 0.879. The van der Waals surface area contributed by atoms with Gasteiger partial charge in [-0.3, -0.25) is 9.59 Å². The molecule has 3 rings (SSSR count). The SMILES string of the molecule is O=C(NCC1CCCN(C(=O)C2CCNC2)C1)c1ccccc1. The van der Waals surface area contributed by atoms with Crippen molar-refractivity contribution in [2.24, 2.45) is 11.8 Å². The van der Waals surface area contributed by atoms with Gasteiger partial charge in [0, 0.05) is 31.7 Å². The number of nitrogens with zero attached hydrogens (tertiary/aromatic N) is 1. The van der Waals surface area contributed by atoms with Gasteiger partial charge in [0.25, 0.3) is 5.91 Å². The van der Waals surface area contributed by atoms with Gasteiger partial charge in [-0.2, -0.15) is 0 Å². The highest BCUT2D eigenvalue weighted by Crippen LogP contribution is 2.20. The van der Waals surface area contributed by atoms with E-state index in [0.717, 1.165) is 45.4 Å². The third-order valence-corrected chi connectivity index (χ3v) is 4.83. The van der Waals surface area contributed by atoms with E-state index >= 15 is 0 Å². The van der Waals surface area contributed by atoms with E-state index < -0.39 is 0 Å². The first kappa shape index (κ1) is 16.0. The monoisotopic (exact) mass is 315 g/mol. The lowest BCUT2D eigenvalue weighted by Gasteiger charge is -2.34. The molecule has 2 heterocycles. The highest BCUT2D eigenvalue weighted by atomic mass is 16.2. The van der Waals surface area contributed by atoms with Crippen molar-refractivity contribution in [1.82, 2.24) is 15.5 Å². The largest absolute Gasteiger partial charge is 0.352 e. The molecule has 23 heavy (non-hydrogen) atoms. The van der Waals surface area contributed by atoms with Crippen molar-refractivity contribution in [3.8, 4) is 0 Å². The minimum atomic E-state index is -0.0333. The summed E-state index contributed by atoms with van der Waals surface area (Å²) in [5, 5.41) is 6.27. The fourth-order valence-corrected chi connectivity index (χ4v) is 3.48. The number of likely N-dealkylation sites (tertiary alicyclic amines) is 1. The second-order valence-corrected chi connectivity index (χ2v) is 6.56. The van der Waals surface area contributed by atoms with Crippen LogP contribution in [0.25, 0.3) is 0 Å². The molecule has 124 valence electrons. The zero-order valence-corrected chi connectivity index (χ0v) is 13.5. The van der Waals surface area contributed by atoms with E-state index in [2.05, 4.69) is 10.6 Å². The first-order valence-electron chi connectivity index (χ1n) is 8.57. The van der Waals surface area contributed by atoms with Crippen LogP contribution in [0.1, 0.15) is 29.6 Å². The van der Waals surface area contributed by atoms with E-state index in [0.29, 0.717) is 18.0 Å². The lowest BCUT2D eigenvalue weighted by molar-refractivity contribution is -0.136. The Morgan fingerprint density at radius 2 is 2.04 bits per heavy atom. The van der Waals surface area contributed by atoms with E-state index in [4.69, 9.17) is 0 Å². The van der Waals surface area contributed by atoms with Crippen molar-refractivity contribution in [3.63, 3.8) is 0 Å². The summed E-state index contributed by atoms with van der Waals surface area (Å²) in [5.74, 6) is 0.755. The summed E-state index contributed by atoms with van der Waals surface area (Å²) in [5.41, 5.74) is 0.688. The Bertz CT molecular complexity index is 540. The van der Waals surface area contributed by atoms with Crippen LogP contribution in [0.4, 0.5) is 0 Å². The summed E-state index contributed by atoms with van der Waals surface area (Å²) < 4.78 is 0. The summed E-state index contributed by atoms with van der Waals surface area (Å²) in [6.07, 6.45) is 3.05. The lowest BCUT2D eigenvalue weighted by atomic mass is 9.96. The minimum absolute atomic E-state index is 0.0333. The van der Waals surface area contributed by atoms with Gasteiger partial charge in [0.15, 0.2) is 0 Å². The molecule has 2 fully saturated rings. The molecule has 2 aliphatic heterocycles. The zero-order chi connectivity index (χ0) is 16.1. The smallest absolute Gasteiger partial charge is 0.251 e. The molecule has 0 aliphatic carbocycles. The molecule has 0 aromatic heterocycles. The molecule has 1 aromatic carbocycles. The van der Waals surface area contributed by atoms with Crippen LogP contribution in [0.3, 0.4) is 0 Å². The van der Waals surface area contributed by atoms with Crippen molar-refractivity contribution in [2.75, 3.05) is 32.7 Å². The number of rotatable bonds is 4. The van der Waals surface area contributed by atoms with Gasteiger partial charge in [0.1, 0.15) is 0 Å². The number of carbonyl (C=O) groups is 2. The molecule has 0 bridgehead atoms. The van der Waals surface area contributed by atoms with Gasteiger partial charge in [-0.05, 0) is 43.9 Å². The number of carbonyl (C=O) groups excluding carboxylic acids is 2. The maximum atomic E-state index is 12.5. The van der Waals surface area contributed by atoms with E-state index in [-0.39, 0.29) is 17.7 Å². The molecule has 1 aromatic rings. The van der Waals surface area contributed by atoms with Crippen molar-refractivity contribution >= 4 is 11.8 Å². The van der Waals surface area contributed by atoms with Crippen LogP contribution in [0, 0.1) is 11.8 Å². The van der Waals surface area contributed by atoms with Gasteiger partial charge in [-0.25, -0.2) is 0 Å². The van der Waals surface area contributed by atoms with Crippen molar-refractivity contribution in [3.05, 3.63) is 35.9 Å². The van der Waals surface area contributed by atoms with Gasteiger partial charge in [0.2, 0.25) is 5.91 Å². The van der Waals surface area contributed by atoms with Crippen LogP contribution < -0.4 is 10.6 Å². The average molecular weight is 315 g/mol. The lowest BCUT2D eigenvalue weighted by Crippen LogP contribution is -2.46. The minimum Gasteiger partial charge on any atom is -0.352 e. The molecule has 2 atom stereocenters. The second kappa shape index (κ2) is 7.59. The molecule has 2 amide bonds. The summed E-state index contributed by atoms with van der Waals surface area (Å²) in [4.78, 5) is 26.6. The Hall–Kier alpha value is -1.88. The Kier molecular flexibility index (Phi) is 5.28. The van der Waals surface area contributed by atoms with Crippen LogP contribution in [0.15, 0.2) is 30.3 Å². The Morgan fingerprint density at radius 1 is 1.22 bits per heavy atom. The number of hydrogen-bond donors (Lipinski definition) is 2. The van der Waals surface area contributed by atoms with E-state index in [1.54, 1.807) is 0 Å². The molecule has 2 unspecified atom stereocenters. The fourth-order valence-electron chi connectivity index (χ4n) is 3.48. The van der Waals surface area contributed by atoms with Crippen LogP contribution in [-0.2, 0) is 4.79 Å². The molecular formula is C18H25N3O2. The Balaban J connectivity index is 1.48. The zero-order valence-electron chi connectivity index (χ0n) is 13.5. The van der Waals surface area contributed by atoms with Crippen LogP contribution in [0.2, 0.25) is 0 Å². The number of benzene rings is 1. The molecule has 0 spiro atoms. The summed E-state index contributed by atoms with van der Waals surface area (Å²) >= 11 is 0. The molecule has 2 N–H and O–H groups in total. The highest BCUT2D eigenvalue weighted by molar-refractivity contribution is 5.94. The second-order valence-electron chi connectivity index (χ2n) is 6.56. The molecule has 0 saturated carbocycles. The molecule has 2 aliphatic rings. The standard InChI is InChI=1S/C18H25N3O2/c22-17(15-6-2-1-3-7-15)20-11-14-5-4-10-21(13-14)18(23)16-8-9-19-12-16/h1-3,6-7,14,16,19H,4-5,8-13H2,(H,20,22). The third kappa shape index (κ3) is 4.10. The summed E-state index contributed by atoms with van der Waals surface area (Å²) in [7, 11) is 0. The Morgan fingerprint density at radius 3 is 2.78 bits per heavy atom. The van der Waals surface area contributed by atoms with Crippen molar-refractivity contribution in [1.29, 1.82) is 0 Å². The van der Waals surface area contributed by atoms with Crippen LogP contribution in [-0.4, -0.2) is 49.4 Å². The van der Waals surface area contributed by atoms with Crippen molar-refractivity contribution in [2.45, 2.75) is 19.3 Å². The maximum Gasteiger partial charge on any atom is 0.251 e. The fraction of sp³-hybridized carbons (Fsp3) is 0.556. The number of hydrogen-bond acceptors (Lipinski definition) is 3. The van der Waals surface area contributed by atoms with Gasteiger partial charge in [-0.1, -0.05) is 18.2 Å². The number of amides is 2. The normalized spacial score (nSPS) is 24.4. The summed E-state index contributed by atoms with van der Waals surface area (Å²) in [6, 6.07) is 9.27. The Labute approximate surface area is 137 Å². The first-order chi connectivity index (χ1) is 11.2. The number of piperidine rings is 1. The van der Waals surface area contributed by atoms with E-state index in [1.807, 2.05) is 35.2 Å². The molecule has 0 radical (unpaired) electrons. The maximum absolute atomic E-state index is 12.5. The molecule has 5 nitrogen and oxygen atoms in total. The van der Waals surface area contributed by atoms with Gasteiger partial charge >= 0.3 is 0 Å². The van der Waals surface area contributed by atoms with Gasteiger partial charge in [-0.15, -0.1) is 0 Å². The van der Waals surface area contributed by atoms with Gasteiger partial charge < -0.3 is 15.5 Å². The number of nitrogens with one attached hydrogen (secondary N) is 2. The first-order valence-corrected chi connectivity index (χ1v) is 8.57. The average Bonchev–Trinajstić information content (AvgIpc) is 3.14. The molecule has 2 saturated heterocycles. The van der Waals surface area contributed by atoms with Crippen LogP contribution in [0.5, 0.6) is 0 Å².